The molecule has 0 aliphatic heterocycles. The first kappa shape index (κ1) is 13.6. The average molecular weight is 250 g/mol. The van der Waals surface area contributed by atoms with Crippen molar-refractivity contribution in [2.75, 3.05) is 20.8 Å². The molecule has 0 aromatic heterocycles. The monoisotopic (exact) mass is 250 g/mol. The van der Waals surface area contributed by atoms with Crippen LogP contribution < -0.4 is 15.2 Å². The molecule has 2 N–H and O–H groups in total. The molecule has 0 unspecified atom stereocenters. The van der Waals surface area contributed by atoms with E-state index in [1.807, 2.05) is 6.07 Å². The van der Waals surface area contributed by atoms with Crippen molar-refractivity contribution in [2.24, 2.45) is 5.73 Å². The van der Waals surface area contributed by atoms with E-state index in [1.165, 1.54) is 14.2 Å². The maximum absolute atomic E-state index is 10.5. The van der Waals surface area contributed by atoms with E-state index in [9.17, 15) is 4.79 Å². The lowest BCUT2D eigenvalue weighted by molar-refractivity contribution is 0.158. The molecule has 0 bridgehead atoms. The van der Waals surface area contributed by atoms with Crippen molar-refractivity contribution < 1.29 is 19.0 Å². The van der Waals surface area contributed by atoms with Crippen LogP contribution in [0.15, 0.2) is 12.1 Å². The van der Waals surface area contributed by atoms with Gasteiger partial charge in [-0.05, 0) is 6.07 Å². The summed E-state index contributed by atoms with van der Waals surface area (Å²) in [4.78, 5) is 10.5. The number of methoxy groups -OCH3 is 2. The molecule has 1 rings (SSSR count). The summed E-state index contributed by atoms with van der Waals surface area (Å²) in [5, 5.41) is 8.94. The highest BCUT2D eigenvalue weighted by molar-refractivity contribution is 5.64. The number of nitriles is 1. The van der Waals surface area contributed by atoms with Crippen LogP contribution in [0.5, 0.6) is 11.5 Å². The zero-order chi connectivity index (χ0) is 13.5. The molecular formula is C12H14N2O4. The number of nitrogens with zero attached hydrogens (tertiary/aromatic N) is 1. The third-order valence-corrected chi connectivity index (χ3v) is 2.34. The maximum Gasteiger partial charge on any atom is 0.404 e. The molecular weight excluding hydrogens is 236 g/mol. The minimum Gasteiger partial charge on any atom is -0.496 e. The molecule has 0 saturated heterocycles. The molecule has 0 aliphatic carbocycles. The summed E-state index contributed by atoms with van der Waals surface area (Å²) in [7, 11) is 2.98. The molecule has 6 heteroatoms. The SMILES string of the molecule is COc1cc(CCOC(N)=O)c(OC)cc1C#N. The molecule has 96 valence electrons. The minimum absolute atomic E-state index is 0.140. The Bertz CT molecular complexity index is 480. The lowest BCUT2D eigenvalue weighted by Gasteiger charge is -2.11. The van der Waals surface area contributed by atoms with Gasteiger partial charge in [0.05, 0.1) is 26.4 Å². The predicted molar refractivity (Wildman–Crippen MR) is 63.5 cm³/mol. The van der Waals surface area contributed by atoms with Gasteiger partial charge in [0.15, 0.2) is 0 Å². The second-order valence-corrected chi connectivity index (χ2v) is 3.39. The van der Waals surface area contributed by atoms with Crippen molar-refractivity contribution in [1.82, 2.24) is 0 Å². The quantitative estimate of drug-likeness (QED) is 0.847. The molecule has 0 aliphatic rings. The van der Waals surface area contributed by atoms with Crippen molar-refractivity contribution in [3.63, 3.8) is 0 Å². The highest BCUT2D eigenvalue weighted by Gasteiger charge is 2.11. The van der Waals surface area contributed by atoms with Gasteiger partial charge in [-0.15, -0.1) is 0 Å². The van der Waals surface area contributed by atoms with Crippen LogP contribution in [0.25, 0.3) is 0 Å². The Morgan fingerprint density at radius 1 is 1.33 bits per heavy atom. The van der Waals surface area contributed by atoms with Gasteiger partial charge in [0, 0.05) is 18.1 Å². The predicted octanol–water partition coefficient (Wildman–Crippen LogP) is 1.21. The average Bonchev–Trinajstić information content (AvgIpc) is 2.37. The van der Waals surface area contributed by atoms with Crippen LogP contribution >= 0.6 is 0 Å². The van der Waals surface area contributed by atoms with Gasteiger partial charge in [-0.1, -0.05) is 0 Å². The first-order valence-electron chi connectivity index (χ1n) is 5.19. The summed E-state index contributed by atoms with van der Waals surface area (Å²) in [5.74, 6) is 0.993. The Morgan fingerprint density at radius 3 is 2.50 bits per heavy atom. The molecule has 0 atom stereocenters. The third-order valence-electron chi connectivity index (χ3n) is 2.34. The Kier molecular flexibility index (Phi) is 4.81. The van der Waals surface area contributed by atoms with E-state index in [0.717, 1.165) is 5.56 Å². The standard InChI is InChI=1S/C12H14N2O4/c1-16-10-6-9(7-13)11(17-2)5-8(10)3-4-18-12(14)15/h5-6H,3-4H2,1-2H3,(H2,14,15). The molecule has 1 aromatic carbocycles. The Balaban J connectivity index is 2.95. The van der Waals surface area contributed by atoms with Gasteiger partial charge in [-0.25, -0.2) is 4.79 Å². The fraction of sp³-hybridized carbons (Fsp3) is 0.333. The molecule has 0 radical (unpaired) electrons. The summed E-state index contributed by atoms with van der Waals surface area (Å²) in [6.07, 6.45) is -0.400. The molecule has 0 fully saturated rings. The van der Waals surface area contributed by atoms with E-state index in [2.05, 4.69) is 4.74 Å². The summed E-state index contributed by atoms with van der Waals surface area (Å²) in [5.41, 5.74) is 6.02. The zero-order valence-corrected chi connectivity index (χ0v) is 10.2. The van der Waals surface area contributed by atoms with Crippen molar-refractivity contribution in [3.8, 4) is 17.6 Å². The number of benzene rings is 1. The van der Waals surface area contributed by atoms with E-state index in [1.54, 1.807) is 12.1 Å². The van der Waals surface area contributed by atoms with E-state index < -0.39 is 6.09 Å². The number of carbonyl (C=O) groups excluding carboxylic acids is 1. The van der Waals surface area contributed by atoms with Crippen LogP contribution in [0.2, 0.25) is 0 Å². The molecule has 0 heterocycles. The van der Waals surface area contributed by atoms with E-state index in [-0.39, 0.29) is 6.61 Å². The van der Waals surface area contributed by atoms with Gasteiger partial charge >= 0.3 is 6.09 Å². The van der Waals surface area contributed by atoms with Crippen LogP contribution in [-0.2, 0) is 11.2 Å². The fourth-order valence-electron chi connectivity index (χ4n) is 1.51. The van der Waals surface area contributed by atoms with Gasteiger partial charge in [0.2, 0.25) is 0 Å². The summed E-state index contributed by atoms with van der Waals surface area (Å²) in [6, 6.07) is 5.28. The Hall–Kier alpha value is -2.42. The molecule has 0 saturated carbocycles. The van der Waals surface area contributed by atoms with E-state index >= 15 is 0 Å². The van der Waals surface area contributed by atoms with E-state index in [4.69, 9.17) is 20.5 Å². The number of nitrogens with two attached hydrogens (primary N) is 1. The second-order valence-electron chi connectivity index (χ2n) is 3.39. The van der Waals surface area contributed by atoms with Gasteiger partial charge in [0.1, 0.15) is 17.6 Å². The van der Waals surface area contributed by atoms with E-state index in [0.29, 0.717) is 23.5 Å². The number of rotatable bonds is 5. The summed E-state index contributed by atoms with van der Waals surface area (Å²) >= 11 is 0. The van der Waals surface area contributed by atoms with Crippen LogP contribution in [0, 0.1) is 11.3 Å². The number of carbonyl (C=O) groups is 1. The first-order chi connectivity index (χ1) is 8.62. The lowest BCUT2D eigenvalue weighted by atomic mass is 10.1. The highest BCUT2D eigenvalue weighted by Crippen LogP contribution is 2.28. The number of hydrogen-bond donors (Lipinski definition) is 1. The molecule has 0 spiro atoms. The summed E-state index contributed by atoms with van der Waals surface area (Å²) < 4.78 is 14.9. The van der Waals surface area contributed by atoms with Gasteiger partial charge in [0.25, 0.3) is 0 Å². The number of ether oxygens (including phenoxy) is 3. The van der Waals surface area contributed by atoms with Crippen LogP contribution in [0.1, 0.15) is 11.1 Å². The van der Waals surface area contributed by atoms with Crippen molar-refractivity contribution in [3.05, 3.63) is 23.3 Å². The molecule has 1 aromatic rings. The van der Waals surface area contributed by atoms with Crippen LogP contribution in [-0.4, -0.2) is 26.9 Å². The fourth-order valence-corrected chi connectivity index (χ4v) is 1.51. The zero-order valence-electron chi connectivity index (χ0n) is 10.2. The van der Waals surface area contributed by atoms with Crippen LogP contribution in [0.4, 0.5) is 4.79 Å². The Labute approximate surface area is 105 Å². The van der Waals surface area contributed by atoms with Gasteiger partial charge < -0.3 is 19.9 Å². The third kappa shape index (κ3) is 3.28. The normalized spacial score (nSPS) is 9.39. The number of primary amides is 1. The second kappa shape index (κ2) is 6.35. The lowest BCUT2D eigenvalue weighted by Crippen LogP contribution is -2.15. The highest BCUT2D eigenvalue weighted by atomic mass is 16.5. The molecule has 6 nitrogen and oxygen atoms in total. The number of amides is 1. The Morgan fingerprint density at radius 2 is 2.00 bits per heavy atom. The van der Waals surface area contributed by atoms with Gasteiger partial charge in [-0.3, -0.25) is 0 Å². The van der Waals surface area contributed by atoms with Crippen molar-refractivity contribution in [2.45, 2.75) is 6.42 Å². The molecule has 18 heavy (non-hydrogen) atoms. The smallest absolute Gasteiger partial charge is 0.404 e. The topological polar surface area (TPSA) is 94.6 Å². The van der Waals surface area contributed by atoms with Crippen molar-refractivity contribution in [1.29, 1.82) is 5.26 Å². The number of hydrogen-bond acceptors (Lipinski definition) is 5. The largest absolute Gasteiger partial charge is 0.496 e. The minimum atomic E-state index is -0.824. The molecule has 1 amide bonds. The maximum atomic E-state index is 10.5. The summed E-state index contributed by atoms with van der Waals surface area (Å²) in [6.45, 7) is 0.140. The first-order valence-corrected chi connectivity index (χ1v) is 5.19. The van der Waals surface area contributed by atoms with Crippen LogP contribution in [0.3, 0.4) is 0 Å². The van der Waals surface area contributed by atoms with Crippen molar-refractivity contribution >= 4 is 6.09 Å². The van der Waals surface area contributed by atoms with Gasteiger partial charge in [-0.2, -0.15) is 5.26 Å².